The van der Waals surface area contributed by atoms with Gasteiger partial charge >= 0.3 is 6.18 Å². The zero-order valence-electron chi connectivity index (χ0n) is 13.0. The molecule has 1 saturated heterocycles. The molecule has 0 unspecified atom stereocenters. The van der Waals surface area contributed by atoms with Crippen molar-refractivity contribution >= 4 is 23.5 Å². The Morgan fingerprint density at radius 3 is 2.54 bits per heavy atom. The summed E-state index contributed by atoms with van der Waals surface area (Å²) in [7, 11) is 0. The summed E-state index contributed by atoms with van der Waals surface area (Å²) in [6.45, 7) is 4.86. The van der Waals surface area contributed by atoms with E-state index in [9.17, 15) is 13.2 Å². The van der Waals surface area contributed by atoms with Crippen molar-refractivity contribution in [1.29, 1.82) is 0 Å². The van der Waals surface area contributed by atoms with Gasteiger partial charge in [-0.1, -0.05) is 12.1 Å². The summed E-state index contributed by atoms with van der Waals surface area (Å²) in [6.07, 6.45) is -2.92. The molecule has 0 spiro atoms. The fraction of sp³-hybridized carbons (Fsp3) is 0.467. The van der Waals surface area contributed by atoms with Crippen LogP contribution in [-0.2, 0) is 10.9 Å². The van der Waals surface area contributed by atoms with Crippen molar-refractivity contribution in [3.8, 4) is 0 Å². The zero-order chi connectivity index (χ0) is 17.4. The first-order valence-corrected chi connectivity index (χ1v) is 7.90. The van der Waals surface area contributed by atoms with Crippen LogP contribution < -0.4 is 10.7 Å². The molecular weight excluding hydrogens is 341 g/mol. The Morgan fingerprint density at radius 2 is 1.92 bits per heavy atom. The van der Waals surface area contributed by atoms with Crippen molar-refractivity contribution in [2.75, 3.05) is 39.4 Å². The van der Waals surface area contributed by atoms with Crippen LogP contribution >= 0.6 is 12.2 Å². The molecule has 2 N–H and O–H groups in total. The highest BCUT2D eigenvalue weighted by Crippen LogP contribution is 2.28. The molecular formula is C15H19F3N4OS. The highest BCUT2D eigenvalue weighted by molar-refractivity contribution is 7.80. The molecule has 1 aromatic rings. The van der Waals surface area contributed by atoms with Gasteiger partial charge in [-0.2, -0.15) is 18.3 Å². The zero-order valence-corrected chi connectivity index (χ0v) is 13.8. The Kier molecular flexibility index (Phi) is 6.95. The van der Waals surface area contributed by atoms with Crippen LogP contribution in [0.4, 0.5) is 13.2 Å². The Morgan fingerprint density at radius 1 is 1.25 bits per heavy atom. The molecule has 5 nitrogen and oxygen atoms in total. The van der Waals surface area contributed by atoms with E-state index >= 15 is 0 Å². The lowest BCUT2D eigenvalue weighted by Crippen LogP contribution is -2.42. The second-order valence-electron chi connectivity index (χ2n) is 5.20. The maximum absolute atomic E-state index is 12.4. The van der Waals surface area contributed by atoms with Crippen molar-refractivity contribution < 1.29 is 17.9 Å². The standard InChI is InChI=1S/C15H19F3N4OS/c16-15(17,18)13-3-1-12(2-4-13)11-20-21-14(24)19-5-6-22-7-9-23-10-8-22/h1-4,11H,5-10H2,(H2,19,21,24)/b20-11+. The molecule has 1 heterocycles. The van der Waals surface area contributed by atoms with Gasteiger partial charge in [-0.25, -0.2) is 0 Å². The van der Waals surface area contributed by atoms with Crippen LogP contribution in [0.15, 0.2) is 29.4 Å². The number of nitrogens with zero attached hydrogens (tertiary/aromatic N) is 2. The number of nitrogens with one attached hydrogen (secondary N) is 2. The SMILES string of the molecule is FC(F)(F)c1ccc(/C=N/NC(=S)NCCN2CCOCC2)cc1. The van der Waals surface area contributed by atoms with E-state index < -0.39 is 11.7 Å². The average Bonchev–Trinajstić information content (AvgIpc) is 2.55. The second-order valence-corrected chi connectivity index (χ2v) is 5.61. The van der Waals surface area contributed by atoms with E-state index in [0.717, 1.165) is 45.0 Å². The van der Waals surface area contributed by atoms with Crippen LogP contribution in [0.2, 0.25) is 0 Å². The fourth-order valence-corrected chi connectivity index (χ4v) is 2.27. The average molecular weight is 360 g/mol. The van der Waals surface area contributed by atoms with Gasteiger partial charge in [0.2, 0.25) is 0 Å². The number of benzene rings is 1. The summed E-state index contributed by atoms with van der Waals surface area (Å²) in [5.41, 5.74) is 2.50. The van der Waals surface area contributed by atoms with Gasteiger partial charge in [-0.3, -0.25) is 10.3 Å². The number of hydrogen-bond donors (Lipinski definition) is 2. The van der Waals surface area contributed by atoms with Gasteiger partial charge in [-0.05, 0) is 29.9 Å². The van der Waals surface area contributed by atoms with Crippen molar-refractivity contribution in [3.05, 3.63) is 35.4 Å². The molecule has 0 aromatic heterocycles. The minimum Gasteiger partial charge on any atom is -0.379 e. The molecule has 1 fully saturated rings. The predicted octanol–water partition coefficient (Wildman–Crippen LogP) is 1.84. The topological polar surface area (TPSA) is 48.9 Å². The number of hydrogen-bond acceptors (Lipinski definition) is 4. The van der Waals surface area contributed by atoms with Gasteiger partial charge in [0, 0.05) is 26.2 Å². The molecule has 2 rings (SSSR count). The molecule has 24 heavy (non-hydrogen) atoms. The third kappa shape index (κ3) is 6.42. The van der Waals surface area contributed by atoms with Gasteiger partial charge in [-0.15, -0.1) is 0 Å². The van der Waals surface area contributed by atoms with Crippen LogP contribution in [0.3, 0.4) is 0 Å². The van der Waals surface area contributed by atoms with Gasteiger partial charge in [0.25, 0.3) is 0 Å². The molecule has 1 aromatic carbocycles. The number of hydrazone groups is 1. The first-order valence-electron chi connectivity index (χ1n) is 7.49. The smallest absolute Gasteiger partial charge is 0.379 e. The summed E-state index contributed by atoms with van der Waals surface area (Å²) in [5, 5.41) is 7.29. The third-order valence-electron chi connectivity index (χ3n) is 3.44. The Balaban J connectivity index is 1.68. The minimum absolute atomic E-state index is 0.367. The van der Waals surface area contributed by atoms with Crippen LogP contribution in [0.1, 0.15) is 11.1 Å². The van der Waals surface area contributed by atoms with E-state index in [1.165, 1.54) is 18.3 Å². The monoisotopic (exact) mass is 360 g/mol. The van der Waals surface area contributed by atoms with E-state index in [1.54, 1.807) is 0 Å². The Labute approximate surface area is 143 Å². The quantitative estimate of drug-likeness (QED) is 0.477. The molecule has 1 aliphatic rings. The van der Waals surface area contributed by atoms with Crippen LogP contribution in [0, 0.1) is 0 Å². The van der Waals surface area contributed by atoms with E-state index in [1.807, 2.05) is 0 Å². The lowest BCUT2D eigenvalue weighted by Gasteiger charge is -2.26. The van der Waals surface area contributed by atoms with E-state index in [4.69, 9.17) is 17.0 Å². The van der Waals surface area contributed by atoms with Crippen LogP contribution in [-0.4, -0.2) is 55.6 Å². The molecule has 0 bridgehead atoms. The number of morpholine rings is 1. The van der Waals surface area contributed by atoms with Crippen LogP contribution in [0.5, 0.6) is 0 Å². The summed E-state index contributed by atoms with van der Waals surface area (Å²) in [4.78, 5) is 2.27. The third-order valence-corrected chi connectivity index (χ3v) is 3.67. The van der Waals surface area contributed by atoms with Gasteiger partial charge in [0.05, 0.1) is 25.0 Å². The van der Waals surface area contributed by atoms with Crippen molar-refractivity contribution in [3.63, 3.8) is 0 Å². The van der Waals surface area contributed by atoms with Gasteiger partial charge < -0.3 is 10.1 Å². The molecule has 0 saturated carbocycles. The first-order chi connectivity index (χ1) is 11.4. The Bertz CT molecular complexity index is 557. The number of halogens is 3. The van der Waals surface area contributed by atoms with E-state index in [0.29, 0.717) is 17.2 Å². The molecule has 9 heteroatoms. The van der Waals surface area contributed by atoms with Crippen molar-refractivity contribution in [2.45, 2.75) is 6.18 Å². The van der Waals surface area contributed by atoms with Crippen LogP contribution in [0.25, 0.3) is 0 Å². The molecule has 132 valence electrons. The maximum Gasteiger partial charge on any atom is 0.416 e. The molecule has 1 aliphatic heterocycles. The predicted molar refractivity (Wildman–Crippen MR) is 90.0 cm³/mol. The van der Waals surface area contributed by atoms with E-state index in [-0.39, 0.29) is 0 Å². The number of ether oxygens (including phenoxy) is 1. The Hall–Kier alpha value is -1.71. The summed E-state index contributed by atoms with van der Waals surface area (Å²) >= 11 is 5.08. The fourth-order valence-electron chi connectivity index (χ4n) is 2.12. The largest absolute Gasteiger partial charge is 0.416 e. The number of alkyl halides is 3. The lowest BCUT2D eigenvalue weighted by molar-refractivity contribution is -0.137. The maximum atomic E-state index is 12.4. The van der Waals surface area contributed by atoms with Crippen molar-refractivity contribution in [2.24, 2.45) is 5.10 Å². The molecule has 0 atom stereocenters. The van der Waals surface area contributed by atoms with Gasteiger partial charge in [0.1, 0.15) is 0 Å². The normalized spacial score (nSPS) is 16.3. The summed E-state index contributed by atoms with van der Waals surface area (Å²) in [5.74, 6) is 0. The number of thiocarbonyl (C=S) groups is 1. The molecule has 0 radical (unpaired) electrons. The van der Waals surface area contributed by atoms with E-state index in [2.05, 4.69) is 20.7 Å². The number of rotatable bonds is 5. The first kappa shape index (κ1) is 18.6. The minimum atomic E-state index is -4.33. The van der Waals surface area contributed by atoms with Gasteiger partial charge in [0.15, 0.2) is 5.11 Å². The summed E-state index contributed by atoms with van der Waals surface area (Å²) < 4.78 is 42.6. The highest BCUT2D eigenvalue weighted by Gasteiger charge is 2.29. The second kappa shape index (κ2) is 8.95. The van der Waals surface area contributed by atoms with Crippen molar-refractivity contribution in [1.82, 2.24) is 15.6 Å². The highest BCUT2D eigenvalue weighted by atomic mass is 32.1. The summed E-state index contributed by atoms with van der Waals surface area (Å²) in [6, 6.07) is 4.73. The molecule has 0 amide bonds. The molecule has 0 aliphatic carbocycles. The lowest BCUT2D eigenvalue weighted by atomic mass is 10.1.